The zero-order chi connectivity index (χ0) is 28.7. The summed E-state index contributed by atoms with van der Waals surface area (Å²) in [5.74, 6) is 3.08. The van der Waals surface area contributed by atoms with Gasteiger partial charge in [0.15, 0.2) is 5.65 Å². The van der Waals surface area contributed by atoms with E-state index in [0.717, 1.165) is 0 Å². The van der Waals surface area contributed by atoms with E-state index in [1.807, 2.05) is 0 Å². The van der Waals surface area contributed by atoms with Gasteiger partial charge in [0.2, 0.25) is 0 Å². The van der Waals surface area contributed by atoms with Gasteiger partial charge in [0, 0.05) is 16.7 Å². The molecule has 0 atom stereocenters. The van der Waals surface area contributed by atoms with Gasteiger partial charge >= 0.3 is 0 Å². The minimum atomic E-state index is -0.506. The molecule has 3 heterocycles. The highest BCUT2D eigenvalue weighted by atomic mass is 19.1. The molecule has 0 amide bonds. The lowest BCUT2D eigenvalue weighted by molar-refractivity contribution is 0.412. The van der Waals surface area contributed by atoms with Crippen molar-refractivity contribution in [1.29, 1.82) is 0 Å². The van der Waals surface area contributed by atoms with E-state index in [-0.39, 0.29) is 41.4 Å². The van der Waals surface area contributed by atoms with Gasteiger partial charge in [0.1, 0.15) is 47.5 Å². The van der Waals surface area contributed by atoms with E-state index in [4.69, 9.17) is 27.0 Å². The van der Waals surface area contributed by atoms with Crippen molar-refractivity contribution < 1.29 is 14.2 Å². The summed E-state index contributed by atoms with van der Waals surface area (Å²) < 4.78 is 23.1. The van der Waals surface area contributed by atoms with Crippen LogP contribution in [-0.4, -0.2) is 41.5 Å². The van der Waals surface area contributed by atoms with Crippen LogP contribution in [0.4, 0.5) is 10.2 Å². The standard InChI is InChI=1S/C30H22FN7O3/c1-3-17-5-4-6-23-25(17)30(40)37(14-19-13-21(41-2)11-12-22(19)31)24(35-23)15-38-29-26(28(32)33-16-34-29)27(36-38)18-7-9-20(39)10-8-18/h1,4-13,16,39H,14-15H2,2H3,(H2,32,33,34). The quantitative estimate of drug-likeness (QED) is 0.302. The van der Waals surface area contributed by atoms with Gasteiger partial charge in [0.25, 0.3) is 5.56 Å². The molecule has 6 rings (SSSR count). The monoisotopic (exact) mass is 547 g/mol. The van der Waals surface area contributed by atoms with Crippen LogP contribution in [0.5, 0.6) is 11.5 Å². The summed E-state index contributed by atoms with van der Waals surface area (Å²) in [5.41, 5.74) is 8.39. The van der Waals surface area contributed by atoms with Gasteiger partial charge in [-0.05, 0) is 54.6 Å². The molecule has 0 unspecified atom stereocenters. The average molecular weight is 548 g/mol. The Labute approximate surface area is 232 Å². The van der Waals surface area contributed by atoms with Crippen LogP contribution >= 0.6 is 0 Å². The van der Waals surface area contributed by atoms with E-state index in [9.17, 15) is 14.3 Å². The number of aromatic hydroxyl groups is 1. The summed E-state index contributed by atoms with van der Waals surface area (Å²) in [6.45, 7) is -0.151. The highest BCUT2D eigenvalue weighted by molar-refractivity contribution is 5.98. The molecule has 3 aromatic carbocycles. The first-order chi connectivity index (χ1) is 19.9. The van der Waals surface area contributed by atoms with E-state index in [1.165, 1.54) is 48.3 Å². The first kappa shape index (κ1) is 25.5. The Kier molecular flexibility index (Phi) is 6.28. The van der Waals surface area contributed by atoms with Gasteiger partial charge in [-0.2, -0.15) is 5.10 Å². The second kappa shape index (κ2) is 10.1. The average Bonchev–Trinajstić information content (AvgIpc) is 3.35. The summed E-state index contributed by atoms with van der Waals surface area (Å²) in [5, 5.41) is 15.3. The number of nitrogens with two attached hydrogens (primary N) is 1. The lowest BCUT2D eigenvalue weighted by Crippen LogP contribution is -2.28. The third-order valence-electron chi connectivity index (χ3n) is 6.79. The lowest BCUT2D eigenvalue weighted by atomic mass is 10.1. The van der Waals surface area contributed by atoms with Crippen molar-refractivity contribution >= 4 is 27.8 Å². The molecule has 0 aliphatic heterocycles. The summed E-state index contributed by atoms with van der Waals surface area (Å²) >= 11 is 0. The van der Waals surface area contributed by atoms with Crippen LogP contribution in [0.1, 0.15) is 17.0 Å². The number of halogens is 1. The molecule has 0 aliphatic carbocycles. The minimum Gasteiger partial charge on any atom is -0.508 e. The maximum Gasteiger partial charge on any atom is 0.263 e. The molecule has 0 saturated carbocycles. The zero-order valence-corrected chi connectivity index (χ0v) is 21.7. The van der Waals surface area contributed by atoms with Crippen LogP contribution in [0, 0.1) is 18.2 Å². The number of anilines is 1. The number of benzene rings is 3. The fraction of sp³-hybridized carbons (Fsp3) is 0.100. The third kappa shape index (κ3) is 4.47. The molecule has 0 aliphatic rings. The van der Waals surface area contributed by atoms with Gasteiger partial charge in [-0.1, -0.05) is 12.0 Å². The molecular formula is C30H22FN7O3. The predicted octanol–water partition coefficient (Wildman–Crippen LogP) is 3.72. The molecule has 0 bridgehead atoms. The maximum absolute atomic E-state index is 14.9. The molecule has 10 nitrogen and oxygen atoms in total. The van der Waals surface area contributed by atoms with Crippen LogP contribution in [0.15, 0.2) is 71.8 Å². The van der Waals surface area contributed by atoms with Crippen molar-refractivity contribution in [2.45, 2.75) is 13.1 Å². The van der Waals surface area contributed by atoms with Gasteiger partial charge in [-0.25, -0.2) is 24.0 Å². The minimum absolute atomic E-state index is 0.0118. The number of methoxy groups -OCH3 is 1. The number of fused-ring (bicyclic) bond motifs is 2. The Morgan fingerprint density at radius 1 is 1.07 bits per heavy atom. The number of hydrogen-bond acceptors (Lipinski definition) is 8. The number of nitrogen functional groups attached to an aromatic ring is 1. The molecule has 41 heavy (non-hydrogen) atoms. The number of nitrogens with zero attached hydrogens (tertiary/aromatic N) is 6. The Morgan fingerprint density at radius 2 is 1.88 bits per heavy atom. The summed E-state index contributed by atoms with van der Waals surface area (Å²) in [7, 11) is 1.48. The number of terminal acetylenes is 1. The number of ether oxygens (including phenoxy) is 1. The summed E-state index contributed by atoms with van der Waals surface area (Å²) in [6, 6.07) is 15.9. The first-order valence-corrected chi connectivity index (χ1v) is 12.5. The summed E-state index contributed by atoms with van der Waals surface area (Å²) in [4.78, 5) is 27.2. The van der Waals surface area contributed by atoms with Crippen molar-refractivity contribution in [1.82, 2.24) is 29.3 Å². The molecule has 0 spiro atoms. The maximum atomic E-state index is 14.9. The fourth-order valence-corrected chi connectivity index (χ4v) is 4.78. The van der Waals surface area contributed by atoms with E-state index in [2.05, 4.69) is 15.9 Å². The van der Waals surface area contributed by atoms with Crippen LogP contribution in [0.3, 0.4) is 0 Å². The second-order valence-corrected chi connectivity index (χ2v) is 9.23. The zero-order valence-electron chi connectivity index (χ0n) is 21.7. The number of hydrogen-bond donors (Lipinski definition) is 2. The van der Waals surface area contributed by atoms with E-state index >= 15 is 0 Å². The Bertz CT molecular complexity index is 2060. The number of aromatic nitrogens is 6. The molecule has 0 fully saturated rings. The fourth-order valence-electron chi connectivity index (χ4n) is 4.78. The lowest BCUT2D eigenvalue weighted by Gasteiger charge is -2.15. The highest BCUT2D eigenvalue weighted by Gasteiger charge is 2.21. The van der Waals surface area contributed by atoms with Crippen LogP contribution in [-0.2, 0) is 13.1 Å². The van der Waals surface area contributed by atoms with Crippen molar-refractivity contribution in [3.8, 4) is 35.1 Å². The topological polar surface area (TPSA) is 134 Å². The molecular weight excluding hydrogens is 525 g/mol. The molecule has 0 radical (unpaired) electrons. The molecule has 3 aromatic heterocycles. The van der Waals surface area contributed by atoms with E-state index < -0.39 is 11.4 Å². The molecule has 0 saturated heterocycles. The predicted molar refractivity (Wildman–Crippen MR) is 152 cm³/mol. The molecule has 3 N–H and O–H groups in total. The Morgan fingerprint density at radius 3 is 2.63 bits per heavy atom. The van der Waals surface area contributed by atoms with E-state index in [1.54, 1.807) is 35.0 Å². The Hall–Kier alpha value is -5.76. The molecule has 202 valence electrons. The van der Waals surface area contributed by atoms with Gasteiger partial charge < -0.3 is 15.6 Å². The molecule has 11 heteroatoms. The molecule has 6 aromatic rings. The summed E-state index contributed by atoms with van der Waals surface area (Å²) in [6.07, 6.45) is 7.02. The van der Waals surface area contributed by atoms with Crippen molar-refractivity contribution in [3.05, 3.63) is 100 Å². The Balaban J connectivity index is 1.57. The van der Waals surface area contributed by atoms with Crippen molar-refractivity contribution in [2.24, 2.45) is 0 Å². The largest absolute Gasteiger partial charge is 0.508 e. The number of rotatable bonds is 6. The number of phenols is 1. The van der Waals surface area contributed by atoms with Gasteiger partial charge in [-0.3, -0.25) is 9.36 Å². The van der Waals surface area contributed by atoms with Crippen molar-refractivity contribution in [3.63, 3.8) is 0 Å². The van der Waals surface area contributed by atoms with Gasteiger partial charge in [0.05, 0.1) is 29.9 Å². The first-order valence-electron chi connectivity index (χ1n) is 12.5. The van der Waals surface area contributed by atoms with Crippen LogP contribution < -0.4 is 16.0 Å². The second-order valence-electron chi connectivity index (χ2n) is 9.23. The highest BCUT2D eigenvalue weighted by Crippen LogP contribution is 2.31. The smallest absolute Gasteiger partial charge is 0.263 e. The normalized spacial score (nSPS) is 11.1. The van der Waals surface area contributed by atoms with Crippen molar-refractivity contribution in [2.75, 3.05) is 12.8 Å². The third-order valence-corrected chi connectivity index (χ3v) is 6.79. The number of phenolic OH excluding ortho intramolecular Hbond substituents is 1. The van der Waals surface area contributed by atoms with Crippen LogP contribution in [0.2, 0.25) is 0 Å². The van der Waals surface area contributed by atoms with Crippen LogP contribution in [0.25, 0.3) is 33.2 Å². The van der Waals surface area contributed by atoms with E-state index in [0.29, 0.717) is 39.1 Å². The van der Waals surface area contributed by atoms with Gasteiger partial charge in [-0.15, -0.1) is 6.42 Å². The SMILES string of the molecule is C#Cc1cccc2nc(Cn3nc(-c4ccc(O)cc4)c4c(N)ncnc43)n(Cc3cc(OC)ccc3F)c(=O)c12.